The van der Waals surface area contributed by atoms with Crippen molar-refractivity contribution >= 4 is 29.3 Å². The van der Waals surface area contributed by atoms with E-state index in [0.717, 1.165) is 23.4 Å². The van der Waals surface area contributed by atoms with Gasteiger partial charge in [0.1, 0.15) is 11.5 Å². The number of anilines is 1. The first-order valence-corrected chi connectivity index (χ1v) is 10.7. The van der Waals surface area contributed by atoms with E-state index in [2.05, 4.69) is 6.07 Å². The number of hydrogen-bond donors (Lipinski definition) is 0. The van der Waals surface area contributed by atoms with Crippen molar-refractivity contribution in [1.82, 2.24) is 4.90 Å². The second-order valence-corrected chi connectivity index (χ2v) is 8.13. The molecule has 1 saturated heterocycles. The quantitative estimate of drug-likeness (QED) is 0.770. The van der Waals surface area contributed by atoms with E-state index in [1.807, 2.05) is 28.0 Å². The highest BCUT2D eigenvalue weighted by Crippen LogP contribution is 2.38. The molecule has 0 N–H and O–H groups in total. The number of benzene rings is 2. The van der Waals surface area contributed by atoms with Crippen LogP contribution in [-0.4, -0.2) is 55.8 Å². The first kappa shape index (κ1) is 19.6. The maximum absolute atomic E-state index is 13.0. The molecule has 2 aliphatic heterocycles. The molecule has 2 aromatic carbocycles. The van der Waals surface area contributed by atoms with E-state index < -0.39 is 0 Å². The van der Waals surface area contributed by atoms with Crippen LogP contribution in [0.1, 0.15) is 23.2 Å². The second kappa shape index (κ2) is 8.37. The highest BCUT2D eigenvalue weighted by molar-refractivity contribution is 8.00. The fourth-order valence-electron chi connectivity index (χ4n) is 3.99. The van der Waals surface area contributed by atoms with Gasteiger partial charge in [0, 0.05) is 30.1 Å². The summed E-state index contributed by atoms with van der Waals surface area (Å²) in [5.74, 6) is 1.73. The van der Waals surface area contributed by atoms with Crippen LogP contribution in [0.5, 0.6) is 11.5 Å². The topological polar surface area (TPSA) is 59.1 Å². The van der Waals surface area contributed by atoms with E-state index in [0.29, 0.717) is 35.9 Å². The molecular formula is C22H24N2O4S. The van der Waals surface area contributed by atoms with Crippen LogP contribution < -0.4 is 14.4 Å². The molecule has 1 fully saturated rings. The highest BCUT2D eigenvalue weighted by atomic mass is 32.2. The molecule has 152 valence electrons. The zero-order chi connectivity index (χ0) is 20.4. The lowest BCUT2D eigenvalue weighted by Crippen LogP contribution is -2.50. The molecule has 0 aliphatic carbocycles. The standard InChI is InChI=1S/C22H24N2O4S/c1-27-16-7-8-17(19(13-16)28-2)22(26)23-11-9-15(10-12-23)24-18-5-3-4-6-20(18)29-14-21(24)25/h3-8,13,15H,9-12,14H2,1-2H3. The monoisotopic (exact) mass is 412 g/mol. The number of amides is 2. The maximum Gasteiger partial charge on any atom is 0.257 e. The Balaban J connectivity index is 1.48. The summed E-state index contributed by atoms with van der Waals surface area (Å²) in [6.07, 6.45) is 1.52. The third-order valence-electron chi connectivity index (χ3n) is 5.50. The number of carbonyl (C=O) groups is 2. The number of rotatable bonds is 4. The number of methoxy groups -OCH3 is 2. The van der Waals surface area contributed by atoms with Gasteiger partial charge in [-0.15, -0.1) is 11.8 Å². The number of nitrogens with zero attached hydrogens (tertiary/aromatic N) is 2. The molecule has 0 radical (unpaired) electrons. The number of ether oxygens (including phenoxy) is 2. The second-order valence-electron chi connectivity index (χ2n) is 7.11. The summed E-state index contributed by atoms with van der Waals surface area (Å²) in [6.45, 7) is 1.22. The van der Waals surface area contributed by atoms with Crippen molar-refractivity contribution in [3.63, 3.8) is 0 Å². The molecular weight excluding hydrogens is 388 g/mol. The van der Waals surface area contributed by atoms with Gasteiger partial charge in [-0.3, -0.25) is 9.59 Å². The average Bonchev–Trinajstić information content (AvgIpc) is 2.78. The van der Waals surface area contributed by atoms with Crippen LogP contribution in [0.2, 0.25) is 0 Å². The number of carbonyl (C=O) groups excluding carboxylic acids is 2. The predicted molar refractivity (Wildman–Crippen MR) is 113 cm³/mol. The van der Waals surface area contributed by atoms with E-state index in [4.69, 9.17) is 9.47 Å². The van der Waals surface area contributed by atoms with Crippen LogP contribution in [0.25, 0.3) is 0 Å². The van der Waals surface area contributed by atoms with E-state index in [-0.39, 0.29) is 17.9 Å². The Labute approximate surface area is 174 Å². The summed E-state index contributed by atoms with van der Waals surface area (Å²) in [4.78, 5) is 30.6. The number of likely N-dealkylation sites (tertiary alicyclic amines) is 1. The highest BCUT2D eigenvalue weighted by Gasteiger charge is 2.34. The summed E-state index contributed by atoms with van der Waals surface area (Å²) < 4.78 is 10.6. The maximum atomic E-state index is 13.0. The zero-order valence-electron chi connectivity index (χ0n) is 16.6. The van der Waals surface area contributed by atoms with Crippen LogP contribution in [0.4, 0.5) is 5.69 Å². The lowest BCUT2D eigenvalue weighted by molar-refractivity contribution is -0.116. The summed E-state index contributed by atoms with van der Waals surface area (Å²) >= 11 is 1.59. The Morgan fingerprint density at radius 2 is 1.83 bits per heavy atom. The minimum absolute atomic E-state index is 0.0520. The molecule has 0 saturated carbocycles. The van der Waals surface area contributed by atoms with Crippen molar-refractivity contribution in [2.45, 2.75) is 23.8 Å². The van der Waals surface area contributed by atoms with E-state index in [1.165, 1.54) is 0 Å². The first-order valence-electron chi connectivity index (χ1n) is 9.67. The van der Waals surface area contributed by atoms with Crippen molar-refractivity contribution in [3.8, 4) is 11.5 Å². The minimum Gasteiger partial charge on any atom is -0.497 e. The molecule has 0 bridgehead atoms. The Kier molecular flexibility index (Phi) is 5.67. The summed E-state index contributed by atoms with van der Waals surface area (Å²) in [5, 5.41) is 0. The van der Waals surface area contributed by atoms with Gasteiger partial charge in [-0.2, -0.15) is 0 Å². The van der Waals surface area contributed by atoms with Gasteiger partial charge in [-0.05, 0) is 37.1 Å². The number of thioether (sulfide) groups is 1. The van der Waals surface area contributed by atoms with E-state index in [9.17, 15) is 9.59 Å². The van der Waals surface area contributed by atoms with Crippen LogP contribution in [-0.2, 0) is 4.79 Å². The molecule has 2 amide bonds. The Morgan fingerprint density at radius 1 is 1.07 bits per heavy atom. The zero-order valence-corrected chi connectivity index (χ0v) is 17.4. The number of hydrogen-bond acceptors (Lipinski definition) is 5. The fourth-order valence-corrected chi connectivity index (χ4v) is 4.90. The minimum atomic E-state index is -0.0520. The van der Waals surface area contributed by atoms with Crippen molar-refractivity contribution < 1.29 is 19.1 Å². The Hall–Kier alpha value is -2.67. The van der Waals surface area contributed by atoms with Crippen LogP contribution in [0.15, 0.2) is 47.4 Å². The number of fused-ring (bicyclic) bond motifs is 1. The van der Waals surface area contributed by atoms with Gasteiger partial charge < -0.3 is 19.3 Å². The molecule has 7 heteroatoms. The first-order chi connectivity index (χ1) is 14.1. The third-order valence-corrected chi connectivity index (χ3v) is 6.55. The summed E-state index contributed by atoms with van der Waals surface area (Å²) in [5.41, 5.74) is 1.53. The smallest absolute Gasteiger partial charge is 0.257 e. The van der Waals surface area contributed by atoms with Crippen molar-refractivity contribution in [2.75, 3.05) is 38.0 Å². The Bertz CT molecular complexity index is 925. The van der Waals surface area contributed by atoms with E-state index >= 15 is 0 Å². The van der Waals surface area contributed by atoms with Crippen molar-refractivity contribution in [2.24, 2.45) is 0 Å². The molecule has 4 rings (SSSR count). The van der Waals surface area contributed by atoms with Crippen LogP contribution >= 0.6 is 11.8 Å². The summed E-state index contributed by atoms with van der Waals surface area (Å²) in [7, 11) is 3.13. The Morgan fingerprint density at radius 3 is 2.55 bits per heavy atom. The molecule has 2 heterocycles. The van der Waals surface area contributed by atoms with Gasteiger partial charge in [0.2, 0.25) is 5.91 Å². The normalized spacial score (nSPS) is 17.1. The van der Waals surface area contributed by atoms with Crippen LogP contribution in [0.3, 0.4) is 0 Å². The third kappa shape index (κ3) is 3.79. The van der Waals surface area contributed by atoms with Gasteiger partial charge in [0.25, 0.3) is 5.91 Å². The molecule has 0 aromatic heterocycles. The van der Waals surface area contributed by atoms with Gasteiger partial charge in [-0.25, -0.2) is 0 Å². The lowest BCUT2D eigenvalue weighted by Gasteiger charge is -2.40. The number of piperidine rings is 1. The molecule has 0 unspecified atom stereocenters. The average molecular weight is 413 g/mol. The van der Waals surface area contributed by atoms with Gasteiger partial charge in [0.05, 0.1) is 31.2 Å². The van der Waals surface area contributed by atoms with Gasteiger partial charge in [0.15, 0.2) is 0 Å². The molecule has 29 heavy (non-hydrogen) atoms. The number of para-hydroxylation sites is 1. The molecule has 0 spiro atoms. The lowest BCUT2D eigenvalue weighted by atomic mass is 10.0. The van der Waals surface area contributed by atoms with Gasteiger partial charge in [-0.1, -0.05) is 12.1 Å². The van der Waals surface area contributed by atoms with Crippen molar-refractivity contribution in [3.05, 3.63) is 48.0 Å². The molecule has 0 atom stereocenters. The van der Waals surface area contributed by atoms with Crippen LogP contribution in [0, 0.1) is 0 Å². The summed E-state index contributed by atoms with van der Waals surface area (Å²) in [6, 6.07) is 13.4. The largest absolute Gasteiger partial charge is 0.497 e. The molecule has 2 aromatic rings. The van der Waals surface area contributed by atoms with E-state index in [1.54, 1.807) is 44.2 Å². The molecule has 6 nitrogen and oxygen atoms in total. The van der Waals surface area contributed by atoms with Crippen molar-refractivity contribution in [1.29, 1.82) is 0 Å². The predicted octanol–water partition coefficient (Wildman–Crippen LogP) is 3.45. The fraction of sp³-hybridized carbons (Fsp3) is 0.364. The SMILES string of the molecule is COc1ccc(C(=O)N2CCC(N3C(=O)CSc4ccccc43)CC2)c(OC)c1. The molecule has 2 aliphatic rings. The van der Waals surface area contributed by atoms with Gasteiger partial charge >= 0.3 is 0 Å².